The predicted octanol–water partition coefficient (Wildman–Crippen LogP) is 3.09. The van der Waals surface area contributed by atoms with Crippen molar-refractivity contribution in [2.24, 2.45) is 5.10 Å². The number of hydrazone groups is 1. The van der Waals surface area contributed by atoms with Gasteiger partial charge in [-0.1, -0.05) is 15.9 Å². The van der Waals surface area contributed by atoms with Gasteiger partial charge < -0.3 is 9.47 Å². The van der Waals surface area contributed by atoms with E-state index < -0.39 is 34.0 Å². The average molecular weight is 540 g/mol. The molecule has 0 aliphatic rings. The first-order chi connectivity index (χ1) is 15.3. The highest BCUT2D eigenvalue weighted by atomic mass is 79.9. The number of carbonyl (C=O) groups excluding carboxylic acids is 2. The van der Waals surface area contributed by atoms with Crippen LogP contribution in [-0.2, 0) is 24.3 Å². The normalized spacial score (nSPS) is 11.8. The summed E-state index contributed by atoms with van der Waals surface area (Å²) in [4.78, 5) is 23.9. The van der Waals surface area contributed by atoms with Crippen LogP contribution < -0.4 is 14.5 Å². The van der Waals surface area contributed by atoms with Crippen LogP contribution in [0.3, 0.4) is 0 Å². The van der Waals surface area contributed by atoms with Gasteiger partial charge in [-0.05, 0) is 74.9 Å². The van der Waals surface area contributed by atoms with Crippen LogP contribution >= 0.6 is 15.9 Å². The molecular formula is C22H26BrN3O6S. The number of carbonyl (C=O) groups is 2. The molecule has 2 aromatic rings. The van der Waals surface area contributed by atoms with E-state index in [1.54, 1.807) is 69.3 Å². The van der Waals surface area contributed by atoms with Crippen molar-refractivity contribution < 1.29 is 27.5 Å². The summed E-state index contributed by atoms with van der Waals surface area (Å²) in [6.45, 7) is 4.69. The Hall–Kier alpha value is -2.92. The van der Waals surface area contributed by atoms with Crippen molar-refractivity contribution in [1.29, 1.82) is 0 Å². The number of sulfonamides is 1. The largest absolute Gasteiger partial charge is 0.482 e. The lowest BCUT2D eigenvalue weighted by Gasteiger charge is -2.21. The molecule has 0 aliphatic heterocycles. The summed E-state index contributed by atoms with van der Waals surface area (Å²) in [5.74, 6) is -0.598. The number of benzene rings is 2. The summed E-state index contributed by atoms with van der Waals surface area (Å²) in [6.07, 6.45) is 2.43. The van der Waals surface area contributed by atoms with E-state index >= 15 is 0 Å². The summed E-state index contributed by atoms with van der Waals surface area (Å²) >= 11 is 3.29. The van der Waals surface area contributed by atoms with Gasteiger partial charge in [0.05, 0.1) is 18.2 Å². The minimum atomic E-state index is -3.67. The molecule has 0 saturated heterocycles. The van der Waals surface area contributed by atoms with Crippen LogP contribution in [0.15, 0.2) is 58.1 Å². The zero-order valence-corrected chi connectivity index (χ0v) is 21.1. The summed E-state index contributed by atoms with van der Waals surface area (Å²) < 4.78 is 36.5. The molecule has 0 aliphatic carbocycles. The maximum Gasteiger partial charge on any atom is 0.344 e. The van der Waals surface area contributed by atoms with Crippen molar-refractivity contribution in [3.8, 4) is 5.75 Å². The van der Waals surface area contributed by atoms with Crippen LogP contribution in [0.2, 0.25) is 0 Å². The number of hydrogen-bond acceptors (Lipinski definition) is 7. The van der Waals surface area contributed by atoms with Gasteiger partial charge in [0.2, 0.25) is 10.0 Å². The van der Waals surface area contributed by atoms with Gasteiger partial charge in [0.25, 0.3) is 5.91 Å². The second-order valence-corrected chi connectivity index (χ2v) is 10.8. The average Bonchev–Trinajstić information content (AvgIpc) is 2.70. The Morgan fingerprint density at radius 3 is 2.24 bits per heavy atom. The van der Waals surface area contributed by atoms with Crippen LogP contribution in [0.5, 0.6) is 5.75 Å². The first kappa shape index (κ1) is 26.3. The molecule has 0 unspecified atom stereocenters. The number of amides is 1. The summed E-state index contributed by atoms with van der Waals surface area (Å²) in [5, 5.41) is 3.86. The number of rotatable bonds is 9. The third kappa shape index (κ3) is 9.62. The zero-order valence-electron chi connectivity index (χ0n) is 18.7. The molecule has 0 saturated carbocycles. The number of nitrogens with zero attached hydrogens (tertiary/aromatic N) is 2. The Bertz CT molecular complexity index is 1090. The maximum absolute atomic E-state index is 12.2. The van der Waals surface area contributed by atoms with Gasteiger partial charge in [0.1, 0.15) is 17.9 Å². The van der Waals surface area contributed by atoms with E-state index in [0.29, 0.717) is 17.0 Å². The standard InChI is InChI=1S/C22H26BrN3O6S/c1-22(2,3)32-21(28)15-31-19-11-5-16(6-12-19)13-24-25-20(27)14-26(33(4,29)30)18-9-7-17(23)8-10-18/h5-13H,14-15H2,1-4H3,(H,25,27)/b24-13-. The van der Waals surface area contributed by atoms with E-state index in [2.05, 4.69) is 26.5 Å². The molecule has 178 valence electrons. The SMILES string of the molecule is CC(C)(C)OC(=O)COc1ccc(/C=N\NC(=O)CN(c2ccc(Br)cc2)S(C)(=O)=O)cc1. The fraction of sp³-hybridized carbons (Fsp3) is 0.318. The number of anilines is 1. The van der Waals surface area contributed by atoms with E-state index in [0.717, 1.165) is 15.0 Å². The third-order valence-corrected chi connectivity index (χ3v) is 5.53. The van der Waals surface area contributed by atoms with Gasteiger partial charge in [-0.15, -0.1) is 0 Å². The Labute approximate surface area is 201 Å². The van der Waals surface area contributed by atoms with E-state index in [9.17, 15) is 18.0 Å². The minimum Gasteiger partial charge on any atom is -0.482 e. The molecule has 9 nitrogen and oxygen atoms in total. The van der Waals surface area contributed by atoms with Crippen LogP contribution in [0.25, 0.3) is 0 Å². The van der Waals surface area contributed by atoms with E-state index in [4.69, 9.17) is 9.47 Å². The van der Waals surface area contributed by atoms with Crippen LogP contribution in [0.1, 0.15) is 26.3 Å². The second-order valence-electron chi connectivity index (χ2n) is 7.98. The Kier molecular flexibility index (Phi) is 9.00. The first-order valence-electron chi connectivity index (χ1n) is 9.83. The molecule has 0 radical (unpaired) electrons. The maximum atomic E-state index is 12.2. The number of esters is 1. The fourth-order valence-corrected chi connectivity index (χ4v) is 3.64. The molecule has 2 aromatic carbocycles. The number of ether oxygens (including phenoxy) is 2. The van der Waals surface area contributed by atoms with Crippen molar-refractivity contribution >= 4 is 49.7 Å². The zero-order chi connectivity index (χ0) is 24.6. The van der Waals surface area contributed by atoms with Crippen LogP contribution in [-0.4, -0.2) is 51.5 Å². The third-order valence-electron chi connectivity index (χ3n) is 3.86. The van der Waals surface area contributed by atoms with Gasteiger partial charge in [-0.25, -0.2) is 18.6 Å². The summed E-state index contributed by atoms with van der Waals surface area (Å²) in [6, 6.07) is 13.2. The van der Waals surface area contributed by atoms with Gasteiger partial charge in [-0.3, -0.25) is 9.10 Å². The second kappa shape index (κ2) is 11.3. The molecule has 0 spiro atoms. The Balaban J connectivity index is 1.90. The van der Waals surface area contributed by atoms with Crippen molar-refractivity contribution in [3.05, 3.63) is 58.6 Å². The van der Waals surface area contributed by atoms with Crippen molar-refractivity contribution in [1.82, 2.24) is 5.43 Å². The molecule has 0 fully saturated rings. The highest BCUT2D eigenvalue weighted by molar-refractivity contribution is 9.10. The molecule has 0 heterocycles. The van der Waals surface area contributed by atoms with Crippen molar-refractivity contribution in [3.63, 3.8) is 0 Å². The molecule has 33 heavy (non-hydrogen) atoms. The van der Waals surface area contributed by atoms with Gasteiger partial charge in [-0.2, -0.15) is 5.10 Å². The lowest BCUT2D eigenvalue weighted by molar-refractivity contribution is -0.157. The van der Waals surface area contributed by atoms with Gasteiger partial charge >= 0.3 is 5.97 Å². The highest BCUT2D eigenvalue weighted by Crippen LogP contribution is 2.20. The van der Waals surface area contributed by atoms with E-state index in [1.165, 1.54) is 6.21 Å². The Morgan fingerprint density at radius 1 is 1.09 bits per heavy atom. The lowest BCUT2D eigenvalue weighted by atomic mass is 10.2. The molecule has 0 atom stereocenters. The summed E-state index contributed by atoms with van der Waals surface area (Å²) in [7, 11) is -3.67. The predicted molar refractivity (Wildman–Crippen MR) is 130 cm³/mol. The highest BCUT2D eigenvalue weighted by Gasteiger charge is 2.20. The summed E-state index contributed by atoms with van der Waals surface area (Å²) in [5.41, 5.74) is 2.76. The monoisotopic (exact) mass is 539 g/mol. The molecule has 2 rings (SSSR count). The first-order valence-corrected chi connectivity index (χ1v) is 12.5. The fourth-order valence-electron chi connectivity index (χ4n) is 2.52. The van der Waals surface area contributed by atoms with E-state index in [-0.39, 0.29) is 6.61 Å². The molecule has 11 heteroatoms. The molecule has 0 bridgehead atoms. The topological polar surface area (TPSA) is 114 Å². The molecular weight excluding hydrogens is 514 g/mol. The number of hydrogen-bond donors (Lipinski definition) is 1. The lowest BCUT2D eigenvalue weighted by Crippen LogP contribution is -2.38. The quantitative estimate of drug-likeness (QED) is 0.297. The van der Waals surface area contributed by atoms with Crippen molar-refractivity contribution in [2.45, 2.75) is 26.4 Å². The van der Waals surface area contributed by atoms with Gasteiger partial charge in [0.15, 0.2) is 6.61 Å². The Morgan fingerprint density at radius 2 is 1.70 bits per heavy atom. The molecule has 1 N–H and O–H groups in total. The van der Waals surface area contributed by atoms with E-state index in [1.807, 2.05) is 0 Å². The number of halogens is 1. The minimum absolute atomic E-state index is 0.212. The molecule has 1 amide bonds. The van der Waals surface area contributed by atoms with Crippen molar-refractivity contribution in [2.75, 3.05) is 23.7 Å². The van der Waals surface area contributed by atoms with Gasteiger partial charge in [0, 0.05) is 4.47 Å². The molecule has 0 aromatic heterocycles. The number of nitrogens with one attached hydrogen (secondary N) is 1. The van der Waals surface area contributed by atoms with Crippen LogP contribution in [0.4, 0.5) is 5.69 Å². The van der Waals surface area contributed by atoms with Crippen LogP contribution in [0, 0.1) is 0 Å². The smallest absolute Gasteiger partial charge is 0.344 e.